The fraction of sp³-hybridized carbons (Fsp3) is 0.435. The van der Waals surface area contributed by atoms with Crippen LogP contribution in [0.3, 0.4) is 0 Å². The molecule has 0 aromatic heterocycles. The third-order valence-electron chi connectivity index (χ3n) is 5.63. The van der Waals surface area contributed by atoms with Crippen LogP contribution in [-0.4, -0.2) is 23.4 Å². The summed E-state index contributed by atoms with van der Waals surface area (Å²) < 4.78 is 0. The molecular weight excluding hydrogens is 320 g/mol. The summed E-state index contributed by atoms with van der Waals surface area (Å²) in [7, 11) is 0. The molecule has 1 fully saturated rings. The highest BCUT2D eigenvalue weighted by Gasteiger charge is 2.20. The minimum absolute atomic E-state index is 0.382. The van der Waals surface area contributed by atoms with Crippen molar-refractivity contribution in [1.29, 1.82) is 0 Å². The lowest BCUT2D eigenvalue weighted by Gasteiger charge is -2.33. The molecule has 1 aliphatic carbocycles. The largest absolute Gasteiger partial charge is 0.366 e. The fourth-order valence-corrected chi connectivity index (χ4v) is 4.17. The van der Waals surface area contributed by atoms with Gasteiger partial charge in [-0.15, -0.1) is 0 Å². The molecule has 3 nitrogen and oxygen atoms in total. The number of nitrogens with two attached hydrogens (primary N) is 1. The van der Waals surface area contributed by atoms with Gasteiger partial charge in [0.05, 0.1) is 0 Å². The van der Waals surface area contributed by atoms with Crippen molar-refractivity contribution in [3.05, 3.63) is 59.2 Å². The Morgan fingerprint density at radius 3 is 2.54 bits per heavy atom. The monoisotopic (exact) mass is 350 g/mol. The van der Waals surface area contributed by atoms with Crippen molar-refractivity contribution in [2.45, 2.75) is 58.5 Å². The first kappa shape index (κ1) is 18.7. The molecule has 1 saturated carbocycles. The molecule has 0 spiro atoms. The lowest BCUT2D eigenvalue weighted by molar-refractivity contribution is 0.100. The molecule has 0 unspecified atom stereocenters. The van der Waals surface area contributed by atoms with E-state index >= 15 is 0 Å². The van der Waals surface area contributed by atoms with Crippen LogP contribution in [0.5, 0.6) is 0 Å². The van der Waals surface area contributed by atoms with Crippen LogP contribution in [0.1, 0.15) is 60.5 Å². The summed E-state index contributed by atoms with van der Waals surface area (Å²) in [5.41, 5.74) is 10.8. The van der Waals surface area contributed by atoms with Gasteiger partial charge in [-0.05, 0) is 60.7 Å². The zero-order valence-electron chi connectivity index (χ0n) is 16.0. The van der Waals surface area contributed by atoms with Gasteiger partial charge in [0, 0.05) is 18.2 Å². The van der Waals surface area contributed by atoms with E-state index in [-0.39, 0.29) is 5.91 Å². The summed E-state index contributed by atoms with van der Waals surface area (Å²) in [6.07, 6.45) is 6.81. The van der Waals surface area contributed by atoms with E-state index in [1.54, 1.807) is 6.07 Å². The van der Waals surface area contributed by atoms with Gasteiger partial charge < -0.3 is 5.73 Å². The predicted octanol–water partition coefficient (Wildman–Crippen LogP) is 4.92. The van der Waals surface area contributed by atoms with Crippen LogP contribution in [0.15, 0.2) is 42.5 Å². The Hall–Kier alpha value is -2.13. The van der Waals surface area contributed by atoms with Crippen LogP contribution >= 0.6 is 0 Å². The van der Waals surface area contributed by atoms with Gasteiger partial charge in [0.2, 0.25) is 5.91 Å². The summed E-state index contributed by atoms with van der Waals surface area (Å²) in [4.78, 5) is 14.1. The molecule has 3 heteroatoms. The molecule has 0 radical (unpaired) electrons. The normalized spacial score (nSPS) is 15.3. The van der Waals surface area contributed by atoms with Gasteiger partial charge in [-0.25, -0.2) is 0 Å². The van der Waals surface area contributed by atoms with Crippen molar-refractivity contribution in [2.75, 3.05) is 6.54 Å². The smallest absolute Gasteiger partial charge is 0.248 e. The number of nitrogens with zero attached hydrogens (tertiary/aromatic N) is 1. The van der Waals surface area contributed by atoms with Crippen LogP contribution in [0.4, 0.5) is 0 Å². The first-order valence-electron chi connectivity index (χ1n) is 9.82. The molecule has 138 valence electrons. The Labute approximate surface area is 157 Å². The van der Waals surface area contributed by atoms with Gasteiger partial charge in [0.1, 0.15) is 0 Å². The Kier molecular flexibility index (Phi) is 6.10. The second-order valence-corrected chi connectivity index (χ2v) is 7.45. The zero-order valence-corrected chi connectivity index (χ0v) is 16.0. The van der Waals surface area contributed by atoms with Crippen molar-refractivity contribution < 1.29 is 4.79 Å². The minimum Gasteiger partial charge on any atom is -0.366 e. The zero-order chi connectivity index (χ0) is 18.5. The number of amides is 1. The fourth-order valence-electron chi connectivity index (χ4n) is 4.17. The maximum atomic E-state index is 11.4. The van der Waals surface area contributed by atoms with E-state index in [9.17, 15) is 4.79 Å². The number of primary amides is 1. The van der Waals surface area contributed by atoms with Gasteiger partial charge in [-0.1, -0.05) is 56.5 Å². The van der Waals surface area contributed by atoms with Crippen molar-refractivity contribution in [3.8, 4) is 11.1 Å². The van der Waals surface area contributed by atoms with E-state index in [0.29, 0.717) is 5.56 Å². The van der Waals surface area contributed by atoms with Gasteiger partial charge in [0.15, 0.2) is 0 Å². The van der Waals surface area contributed by atoms with Crippen molar-refractivity contribution in [1.82, 2.24) is 4.90 Å². The topological polar surface area (TPSA) is 46.3 Å². The Morgan fingerprint density at radius 1 is 1.12 bits per heavy atom. The van der Waals surface area contributed by atoms with E-state index in [1.165, 1.54) is 43.2 Å². The molecule has 2 N–H and O–H groups in total. The van der Waals surface area contributed by atoms with Crippen LogP contribution in [0, 0.1) is 6.92 Å². The Bertz CT molecular complexity index is 763. The molecule has 1 aliphatic rings. The standard InChI is InChI=1S/C23H30N2O/c1-3-25(21-10-5-4-6-11-21)16-18-12-13-22(17(2)14-18)19-8-7-9-20(15-19)23(24)26/h7-9,12-15,21H,3-6,10-11,16H2,1-2H3,(H2,24,26). The van der Waals surface area contributed by atoms with Crippen LogP contribution in [-0.2, 0) is 6.54 Å². The number of aryl methyl sites for hydroxylation is 1. The summed E-state index contributed by atoms with van der Waals surface area (Å²) >= 11 is 0. The highest BCUT2D eigenvalue weighted by Crippen LogP contribution is 2.27. The molecule has 0 aliphatic heterocycles. The average molecular weight is 351 g/mol. The molecule has 0 atom stereocenters. The third kappa shape index (κ3) is 4.34. The number of rotatable bonds is 6. The number of hydrogen-bond acceptors (Lipinski definition) is 2. The van der Waals surface area contributed by atoms with E-state index in [4.69, 9.17) is 5.73 Å². The molecule has 2 aromatic rings. The van der Waals surface area contributed by atoms with Crippen LogP contribution in [0.2, 0.25) is 0 Å². The lowest BCUT2D eigenvalue weighted by atomic mass is 9.93. The maximum Gasteiger partial charge on any atom is 0.248 e. The van der Waals surface area contributed by atoms with Gasteiger partial charge in [-0.3, -0.25) is 9.69 Å². The first-order chi connectivity index (χ1) is 12.6. The molecular formula is C23H30N2O. The highest BCUT2D eigenvalue weighted by molar-refractivity contribution is 5.94. The van der Waals surface area contributed by atoms with Crippen molar-refractivity contribution in [2.24, 2.45) is 5.73 Å². The predicted molar refractivity (Wildman–Crippen MR) is 108 cm³/mol. The van der Waals surface area contributed by atoms with Gasteiger partial charge in [0.25, 0.3) is 0 Å². The molecule has 2 aromatic carbocycles. The van der Waals surface area contributed by atoms with E-state index < -0.39 is 0 Å². The minimum atomic E-state index is -0.382. The maximum absolute atomic E-state index is 11.4. The van der Waals surface area contributed by atoms with Crippen molar-refractivity contribution in [3.63, 3.8) is 0 Å². The molecule has 0 bridgehead atoms. The summed E-state index contributed by atoms with van der Waals surface area (Å²) in [6, 6.07) is 15.0. The average Bonchev–Trinajstić information content (AvgIpc) is 2.67. The molecule has 3 rings (SSSR count). The highest BCUT2D eigenvalue weighted by atomic mass is 16.1. The summed E-state index contributed by atoms with van der Waals surface area (Å²) in [5.74, 6) is -0.382. The second kappa shape index (κ2) is 8.50. The third-order valence-corrected chi connectivity index (χ3v) is 5.63. The molecule has 0 saturated heterocycles. The SMILES string of the molecule is CCN(Cc1ccc(-c2cccc(C(N)=O)c2)c(C)c1)C1CCCCC1. The quantitative estimate of drug-likeness (QED) is 0.804. The van der Waals surface area contributed by atoms with Crippen LogP contribution in [0.25, 0.3) is 11.1 Å². The van der Waals surface area contributed by atoms with Crippen molar-refractivity contribution >= 4 is 5.91 Å². The number of benzene rings is 2. The Balaban J connectivity index is 1.78. The molecule has 1 amide bonds. The first-order valence-corrected chi connectivity index (χ1v) is 9.82. The second-order valence-electron chi connectivity index (χ2n) is 7.45. The number of carbonyl (C=O) groups excluding carboxylic acids is 1. The molecule has 0 heterocycles. The Morgan fingerprint density at radius 2 is 1.88 bits per heavy atom. The van der Waals surface area contributed by atoms with Gasteiger partial charge >= 0.3 is 0 Å². The van der Waals surface area contributed by atoms with E-state index in [2.05, 4.69) is 36.9 Å². The van der Waals surface area contributed by atoms with Gasteiger partial charge in [-0.2, -0.15) is 0 Å². The number of carbonyl (C=O) groups is 1. The number of hydrogen-bond donors (Lipinski definition) is 1. The van der Waals surface area contributed by atoms with E-state index in [0.717, 1.165) is 30.3 Å². The van der Waals surface area contributed by atoms with Crippen LogP contribution < -0.4 is 5.73 Å². The summed E-state index contributed by atoms with van der Waals surface area (Å²) in [5, 5.41) is 0. The summed E-state index contributed by atoms with van der Waals surface area (Å²) in [6.45, 7) is 6.54. The lowest BCUT2D eigenvalue weighted by Crippen LogP contribution is -2.36. The molecule has 26 heavy (non-hydrogen) atoms. The van der Waals surface area contributed by atoms with E-state index in [1.807, 2.05) is 18.2 Å².